The van der Waals surface area contributed by atoms with Gasteiger partial charge >= 0.3 is 5.97 Å². The molecule has 0 aliphatic heterocycles. The molecule has 0 aliphatic rings. The van der Waals surface area contributed by atoms with Crippen LogP contribution >= 0.6 is 22.9 Å². The smallest absolute Gasteiger partial charge is 0.341 e. The molecule has 6 nitrogen and oxygen atoms in total. The molecule has 9 heteroatoms. The number of thiophene rings is 1. The summed E-state index contributed by atoms with van der Waals surface area (Å²) in [6.45, 7) is -0.503. The molecule has 1 aromatic heterocycles. The number of aliphatic carboxylic acids is 1. The summed E-state index contributed by atoms with van der Waals surface area (Å²) in [6, 6.07) is 8.91. The number of ether oxygens (including phenoxy) is 1. The van der Waals surface area contributed by atoms with Crippen LogP contribution in [0.5, 0.6) is 5.75 Å². The highest BCUT2D eigenvalue weighted by Crippen LogP contribution is 2.28. The summed E-state index contributed by atoms with van der Waals surface area (Å²) in [6.07, 6.45) is 0. The number of benzene rings is 1. The maximum atomic E-state index is 12.1. The Morgan fingerprint density at radius 2 is 2.10 bits per heavy atom. The van der Waals surface area contributed by atoms with Gasteiger partial charge in [0.15, 0.2) is 6.61 Å². The van der Waals surface area contributed by atoms with E-state index in [1.54, 1.807) is 6.07 Å². The van der Waals surface area contributed by atoms with E-state index in [-0.39, 0.29) is 15.6 Å². The molecule has 2 aromatic rings. The molecule has 0 amide bonds. The third-order valence-corrected chi connectivity index (χ3v) is 5.37. The van der Waals surface area contributed by atoms with Gasteiger partial charge in [0.25, 0.3) is 10.0 Å². The lowest BCUT2D eigenvalue weighted by Crippen LogP contribution is -2.12. The first-order chi connectivity index (χ1) is 9.87. The molecule has 2 N–H and O–H groups in total. The molecule has 0 bridgehead atoms. The lowest BCUT2D eigenvalue weighted by Gasteiger charge is -2.08. The predicted octanol–water partition coefficient (Wildman–Crippen LogP) is 2.67. The SMILES string of the molecule is O=C(O)COc1cccc(NS(=O)(=O)c2ccc(Cl)s2)c1. The van der Waals surface area contributed by atoms with Gasteiger partial charge in [-0.25, -0.2) is 13.2 Å². The van der Waals surface area contributed by atoms with Gasteiger partial charge in [0, 0.05) is 6.07 Å². The predicted molar refractivity (Wildman–Crippen MR) is 79.7 cm³/mol. The summed E-state index contributed by atoms with van der Waals surface area (Å²) in [4.78, 5) is 10.4. The summed E-state index contributed by atoms with van der Waals surface area (Å²) >= 11 is 6.65. The Hall–Kier alpha value is -1.77. The second-order valence-electron chi connectivity index (χ2n) is 3.87. The average molecular weight is 348 g/mol. The summed E-state index contributed by atoms with van der Waals surface area (Å²) in [5, 5.41) is 8.53. The van der Waals surface area contributed by atoms with Crippen LogP contribution in [-0.2, 0) is 14.8 Å². The number of halogens is 1. The second-order valence-corrected chi connectivity index (χ2v) is 7.50. The summed E-state index contributed by atoms with van der Waals surface area (Å²) in [5.74, 6) is -0.865. The number of nitrogens with one attached hydrogen (secondary N) is 1. The monoisotopic (exact) mass is 347 g/mol. The second kappa shape index (κ2) is 6.33. The lowest BCUT2D eigenvalue weighted by molar-refractivity contribution is -0.139. The van der Waals surface area contributed by atoms with E-state index in [0.717, 1.165) is 11.3 Å². The van der Waals surface area contributed by atoms with Gasteiger partial charge in [0.05, 0.1) is 10.0 Å². The van der Waals surface area contributed by atoms with Crippen molar-refractivity contribution in [2.45, 2.75) is 4.21 Å². The van der Waals surface area contributed by atoms with Gasteiger partial charge in [0.2, 0.25) is 0 Å². The zero-order valence-corrected chi connectivity index (χ0v) is 12.8. The minimum absolute atomic E-state index is 0.0874. The highest BCUT2D eigenvalue weighted by Gasteiger charge is 2.17. The number of rotatable bonds is 6. The van der Waals surface area contributed by atoms with Crippen molar-refractivity contribution in [2.24, 2.45) is 0 Å². The maximum Gasteiger partial charge on any atom is 0.341 e. The number of carboxylic acid groups (broad SMARTS) is 1. The van der Waals surface area contributed by atoms with Gasteiger partial charge in [-0.2, -0.15) is 0 Å². The molecule has 0 aliphatic carbocycles. The van der Waals surface area contributed by atoms with Crippen molar-refractivity contribution in [3.63, 3.8) is 0 Å². The maximum absolute atomic E-state index is 12.1. The Morgan fingerprint density at radius 1 is 1.33 bits per heavy atom. The summed E-state index contributed by atoms with van der Waals surface area (Å²) in [7, 11) is -3.73. The third-order valence-electron chi connectivity index (χ3n) is 2.26. The zero-order chi connectivity index (χ0) is 15.5. The van der Waals surface area contributed by atoms with Crippen LogP contribution in [0.3, 0.4) is 0 Å². The van der Waals surface area contributed by atoms with Crippen LogP contribution < -0.4 is 9.46 Å². The van der Waals surface area contributed by atoms with Gasteiger partial charge in [-0.1, -0.05) is 17.7 Å². The van der Waals surface area contributed by atoms with Crippen molar-refractivity contribution in [1.29, 1.82) is 0 Å². The number of hydrogen-bond donors (Lipinski definition) is 2. The van der Waals surface area contributed by atoms with E-state index < -0.39 is 22.6 Å². The van der Waals surface area contributed by atoms with E-state index in [1.807, 2.05) is 0 Å². The largest absolute Gasteiger partial charge is 0.482 e. The Labute approximate surface area is 130 Å². The minimum atomic E-state index is -3.73. The van der Waals surface area contributed by atoms with Crippen LogP contribution in [0.15, 0.2) is 40.6 Å². The van der Waals surface area contributed by atoms with Gasteiger partial charge in [-0.3, -0.25) is 4.72 Å². The molecule has 0 atom stereocenters. The first kappa shape index (κ1) is 15.6. The summed E-state index contributed by atoms with van der Waals surface area (Å²) < 4.78 is 32.0. The molecule has 0 spiro atoms. The van der Waals surface area contributed by atoms with Crippen molar-refractivity contribution in [3.05, 3.63) is 40.7 Å². The molecule has 0 saturated carbocycles. The molecule has 0 fully saturated rings. The van der Waals surface area contributed by atoms with Crippen LogP contribution in [0.25, 0.3) is 0 Å². The molecule has 21 heavy (non-hydrogen) atoms. The van der Waals surface area contributed by atoms with Crippen LogP contribution in [0.1, 0.15) is 0 Å². The first-order valence-corrected chi connectivity index (χ1v) is 8.27. The van der Waals surface area contributed by atoms with E-state index in [9.17, 15) is 13.2 Å². The van der Waals surface area contributed by atoms with E-state index in [2.05, 4.69) is 4.72 Å². The van der Waals surface area contributed by atoms with Crippen LogP contribution in [0, 0.1) is 0 Å². The van der Waals surface area contributed by atoms with Crippen molar-refractivity contribution < 1.29 is 23.1 Å². The Kier molecular flexibility index (Phi) is 4.71. The molecule has 0 radical (unpaired) electrons. The van der Waals surface area contributed by atoms with Gasteiger partial charge in [0.1, 0.15) is 9.96 Å². The van der Waals surface area contributed by atoms with Gasteiger partial charge < -0.3 is 9.84 Å². The molecular weight excluding hydrogens is 338 g/mol. The molecule has 0 unspecified atom stereocenters. The molecule has 112 valence electrons. The molecular formula is C12H10ClNO5S2. The van der Waals surface area contributed by atoms with Crippen LogP contribution in [0.4, 0.5) is 5.69 Å². The fourth-order valence-corrected chi connectivity index (χ4v) is 3.97. The van der Waals surface area contributed by atoms with Crippen LogP contribution in [-0.4, -0.2) is 26.1 Å². The van der Waals surface area contributed by atoms with E-state index in [0.29, 0.717) is 4.34 Å². The van der Waals surface area contributed by atoms with E-state index in [1.165, 1.54) is 30.3 Å². The molecule has 0 saturated heterocycles. The highest BCUT2D eigenvalue weighted by molar-refractivity contribution is 7.94. The fraction of sp³-hybridized carbons (Fsp3) is 0.0833. The average Bonchev–Trinajstić information content (AvgIpc) is 2.84. The molecule has 1 heterocycles. The lowest BCUT2D eigenvalue weighted by atomic mass is 10.3. The molecule has 1 aromatic carbocycles. The highest BCUT2D eigenvalue weighted by atomic mass is 35.5. The van der Waals surface area contributed by atoms with Gasteiger partial charge in [-0.05, 0) is 24.3 Å². The quantitative estimate of drug-likeness (QED) is 0.838. The van der Waals surface area contributed by atoms with Crippen molar-refractivity contribution in [2.75, 3.05) is 11.3 Å². The first-order valence-electron chi connectivity index (χ1n) is 5.59. The minimum Gasteiger partial charge on any atom is -0.482 e. The van der Waals surface area contributed by atoms with Crippen molar-refractivity contribution >= 4 is 44.6 Å². The van der Waals surface area contributed by atoms with Crippen LogP contribution in [0.2, 0.25) is 4.34 Å². The standard InChI is InChI=1S/C12H10ClNO5S2/c13-10-4-5-12(20-10)21(17,18)14-8-2-1-3-9(6-8)19-7-11(15)16/h1-6,14H,7H2,(H,15,16). The zero-order valence-electron chi connectivity index (χ0n) is 10.4. The fourth-order valence-electron chi connectivity index (χ4n) is 1.44. The normalized spacial score (nSPS) is 11.1. The number of sulfonamides is 1. The Balaban J connectivity index is 2.16. The Bertz CT molecular complexity index is 757. The summed E-state index contributed by atoms with van der Waals surface area (Å²) in [5.41, 5.74) is 0.266. The Morgan fingerprint density at radius 3 is 2.71 bits per heavy atom. The molecule has 2 rings (SSSR count). The van der Waals surface area contributed by atoms with E-state index in [4.69, 9.17) is 21.4 Å². The topological polar surface area (TPSA) is 92.7 Å². The van der Waals surface area contributed by atoms with Crippen molar-refractivity contribution in [1.82, 2.24) is 0 Å². The third kappa shape index (κ3) is 4.35. The number of hydrogen-bond acceptors (Lipinski definition) is 5. The van der Waals surface area contributed by atoms with Gasteiger partial charge in [-0.15, -0.1) is 11.3 Å². The number of carbonyl (C=O) groups is 1. The van der Waals surface area contributed by atoms with E-state index >= 15 is 0 Å². The van der Waals surface area contributed by atoms with Crippen molar-refractivity contribution in [3.8, 4) is 5.75 Å². The number of anilines is 1. The number of carboxylic acids is 1.